The van der Waals surface area contributed by atoms with Gasteiger partial charge in [-0.05, 0) is 36.1 Å². The average molecular weight is 300 g/mol. The molecule has 1 aromatic carbocycles. The van der Waals surface area contributed by atoms with Gasteiger partial charge in [-0.25, -0.2) is 0 Å². The lowest BCUT2D eigenvalue weighted by Crippen LogP contribution is -2.45. The molecule has 0 amide bonds. The molecule has 0 bridgehead atoms. The van der Waals surface area contributed by atoms with Gasteiger partial charge in [-0.3, -0.25) is 4.90 Å². The predicted octanol–water partition coefficient (Wildman–Crippen LogP) is 3.50. The molecule has 1 unspecified atom stereocenters. The second-order valence-corrected chi connectivity index (χ2v) is 5.67. The first-order valence-electron chi connectivity index (χ1n) is 7.55. The molecule has 0 saturated heterocycles. The normalized spacial score (nSPS) is 19.6. The van der Waals surface area contributed by atoms with E-state index < -0.39 is 12.7 Å². The topological polar surface area (TPSA) is 15.3 Å². The van der Waals surface area contributed by atoms with E-state index in [1.165, 1.54) is 11.1 Å². The Labute approximate surface area is 124 Å². The number of nitrogens with one attached hydrogen (secondary N) is 1. The molecule has 1 aromatic rings. The van der Waals surface area contributed by atoms with E-state index in [0.717, 1.165) is 25.1 Å². The first-order valence-corrected chi connectivity index (χ1v) is 7.55. The molecule has 1 aliphatic rings. The van der Waals surface area contributed by atoms with Crippen molar-refractivity contribution in [2.75, 3.05) is 13.1 Å². The van der Waals surface area contributed by atoms with Gasteiger partial charge >= 0.3 is 6.18 Å². The van der Waals surface area contributed by atoms with Crippen molar-refractivity contribution in [3.63, 3.8) is 0 Å². The fourth-order valence-corrected chi connectivity index (χ4v) is 2.95. The Morgan fingerprint density at radius 3 is 2.62 bits per heavy atom. The second-order valence-electron chi connectivity index (χ2n) is 5.67. The van der Waals surface area contributed by atoms with Crippen molar-refractivity contribution in [1.82, 2.24) is 10.2 Å². The summed E-state index contributed by atoms with van der Waals surface area (Å²) in [6.07, 6.45) is -2.68. The van der Waals surface area contributed by atoms with E-state index in [0.29, 0.717) is 13.0 Å². The number of hydrogen-bond donors (Lipinski definition) is 1. The summed E-state index contributed by atoms with van der Waals surface area (Å²) in [5.74, 6) is 0. The van der Waals surface area contributed by atoms with Crippen LogP contribution in [0, 0.1) is 0 Å². The lowest BCUT2D eigenvalue weighted by molar-refractivity contribution is -0.153. The molecule has 0 radical (unpaired) electrons. The van der Waals surface area contributed by atoms with Gasteiger partial charge in [0.1, 0.15) is 0 Å². The Hall–Kier alpha value is -1.07. The van der Waals surface area contributed by atoms with Gasteiger partial charge < -0.3 is 5.32 Å². The van der Waals surface area contributed by atoms with Crippen LogP contribution in [0.5, 0.6) is 0 Å². The van der Waals surface area contributed by atoms with Gasteiger partial charge in [-0.1, -0.05) is 32.0 Å². The number of fused-ring (bicyclic) bond motifs is 1. The Kier molecular flexibility index (Phi) is 5.27. The minimum absolute atomic E-state index is 0.0199. The molecule has 2 nitrogen and oxygen atoms in total. The van der Waals surface area contributed by atoms with Crippen molar-refractivity contribution in [2.24, 2.45) is 0 Å². The Bertz CT molecular complexity index is 471. The summed E-state index contributed by atoms with van der Waals surface area (Å²) in [4.78, 5) is 1.56. The molecule has 0 fully saturated rings. The van der Waals surface area contributed by atoms with Gasteiger partial charge in [0, 0.05) is 19.1 Å². The van der Waals surface area contributed by atoms with Gasteiger partial charge in [0.25, 0.3) is 0 Å². The minimum Gasteiger partial charge on any atom is -0.313 e. The van der Waals surface area contributed by atoms with Gasteiger partial charge in [-0.2, -0.15) is 13.2 Å². The summed E-state index contributed by atoms with van der Waals surface area (Å²) in [6.45, 7) is 5.32. The van der Waals surface area contributed by atoms with Gasteiger partial charge in [0.05, 0.1) is 6.54 Å². The first-order chi connectivity index (χ1) is 9.93. The van der Waals surface area contributed by atoms with Crippen LogP contribution in [-0.4, -0.2) is 30.2 Å². The number of nitrogens with zero attached hydrogens (tertiary/aromatic N) is 1. The Morgan fingerprint density at radius 2 is 2.00 bits per heavy atom. The standard InChI is InChI=1S/C16H23F3N2/c1-3-15-8-14-7-12(9-20-4-2)5-6-13(14)10-21(15)11-16(17,18)19/h5-7,15,20H,3-4,8-11H2,1-2H3. The highest BCUT2D eigenvalue weighted by atomic mass is 19.4. The molecule has 0 spiro atoms. The molecule has 21 heavy (non-hydrogen) atoms. The highest BCUT2D eigenvalue weighted by Crippen LogP contribution is 2.29. The summed E-state index contributed by atoms with van der Waals surface area (Å²) >= 11 is 0. The van der Waals surface area contributed by atoms with Crippen LogP contribution in [0.25, 0.3) is 0 Å². The van der Waals surface area contributed by atoms with E-state index in [2.05, 4.69) is 18.3 Å². The van der Waals surface area contributed by atoms with Crippen LogP contribution < -0.4 is 5.32 Å². The fourth-order valence-electron chi connectivity index (χ4n) is 2.95. The smallest absolute Gasteiger partial charge is 0.313 e. The lowest BCUT2D eigenvalue weighted by atomic mass is 9.91. The second kappa shape index (κ2) is 6.79. The van der Waals surface area contributed by atoms with E-state index in [1.54, 1.807) is 4.90 Å². The van der Waals surface area contributed by atoms with E-state index in [4.69, 9.17) is 0 Å². The van der Waals surface area contributed by atoms with Gasteiger partial charge in [-0.15, -0.1) is 0 Å². The third-order valence-electron chi connectivity index (χ3n) is 4.05. The zero-order valence-electron chi connectivity index (χ0n) is 12.6. The maximum Gasteiger partial charge on any atom is 0.401 e. The molecule has 0 aliphatic carbocycles. The summed E-state index contributed by atoms with van der Waals surface area (Å²) in [5, 5.41) is 3.28. The lowest BCUT2D eigenvalue weighted by Gasteiger charge is -2.37. The molecule has 118 valence electrons. The molecule has 1 heterocycles. The monoisotopic (exact) mass is 300 g/mol. The molecule has 5 heteroatoms. The molecule has 1 atom stereocenters. The summed E-state index contributed by atoms with van der Waals surface area (Å²) in [5.41, 5.74) is 3.44. The van der Waals surface area contributed by atoms with Crippen molar-refractivity contribution < 1.29 is 13.2 Å². The van der Waals surface area contributed by atoms with Gasteiger partial charge in [0.2, 0.25) is 0 Å². The summed E-state index contributed by atoms with van der Waals surface area (Å²) < 4.78 is 38.0. The summed E-state index contributed by atoms with van der Waals surface area (Å²) in [7, 11) is 0. The van der Waals surface area contributed by atoms with Crippen molar-refractivity contribution in [3.8, 4) is 0 Å². The number of hydrogen-bond acceptors (Lipinski definition) is 2. The van der Waals surface area contributed by atoms with Crippen LogP contribution in [-0.2, 0) is 19.5 Å². The quantitative estimate of drug-likeness (QED) is 0.895. The predicted molar refractivity (Wildman–Crippen MR) is 78.1 cm³/mol. The molecule has 0 aromatic heterocycles. The zero-order valence-corrected chi connectivity index (χ0v) is 12.6. The van der Waals surface area contributed by atoms with Crippen LogP contribution >= 0.6 is 0 Å². The molecule has 1 aliphatic heterocycles. The van der Waals surface area contributed by atoms with Crippen LogP contribution in [0.15, 0.2) is 18.2 Å². The fraction of sp³-hybridized carbons (Fsp3) is 0.625. The molecule has 2 rings (SSSR count). The van der Waals surface area contributed by atoms with E-state index in [-0.39, 0.29) is 6.04 Å². The third-order valence-corrected chi connectivity index (χ3v) is 4.05. The highest BCUT2D eigenvalue weighted by Gasteiger charge is 2.35. The number of alkyl halides is 3. The highest BCUT2D eigenvalue weighted by molar-refractivity contribution is 5.34. The molecular formula is C16H23F3N2. The minimum atomic E-state index is -4.13. The zero-order chi connectivity index (χ0) is 15.5. The first kappa shape index (κ1) is 16.3. The van der Waals surface area contributed by atoms with Crippen molar-refractivity contribution in [3.05, 3.63) is 34.9 Å². The Balaban J connectivity index is 2.15. The third kappa shape index (κ3) is 4.45. The van der Waals surface area contributed by atoms with Crippen LogP contribution in [0.3, 0.4) is 0 Å². The SMILES string of the molecule is CCNCc1ccc2c(c1)CC(CC)N(CC(F)(F)F)C2. The molecule has 1 N–H and O–H groups in total. The summed E-state index contributed by atoms with van der Waals surface area (Å²) in [6, 6.07) is 6.12. The van der Waals surface area contributed by atoms with Crippen LogP contribution in [0.1, 0.15) is 37.0 Å². The number of benzene rings is 1. The van der Waals surface area contributed by atoms with Crippen LogP contribution in [0.2, 0.25) is 0 Å². The van der Waals surface area contributed by atoms with Crippen molar-refractivity contribution in [2.45, 2.75) is 52.0 Å². The molecule has 0 saturated carbocycles. The van der Waals surface area contributed by atoms with Gasteiger partial charge in [0.15, 0.2) is 0 Å². The van der Waals surface area contributed by atoms with Crippen molar-refractivity contribution >= 4 is 0 Å². The maximum atomic E-state index is 12.7. The van der Waals surface area contributed by atoms with E-state index in [1.807, 2.05) is 19.1 Å². The number of rotatable bonds is 5. The van der Waals surface area contributed by atoms with Crippen LogP contribution in [0.4, 0.5) is 13.2 Å². The average Bonchev–Trinajstić information content (AvgIpc) is 2.42. The van der Waals surface area contributed by atoms with E-state index >= 15 is 0 Å². The van der Waals surface area contributed by atoms with Crippen molar-refractivity contribution in [1.29, 1.82) is 0 Å². The largest absolute Gasteiger partial charge is 0.401 e. The van der Waals surface area contributed by atoms with E-state index in [9.17, 15) is 13.2 Å². The Morgan fingerprint density at radius 1 is 1.24 bits per heavy atom. The number of halogens is 3. The molecular weight excluding hydrogens is 277 g/mol. The maximum absolute atomic E-state index is 12.7.